The molecule has 0 saturated heterocycles. The summed E-state index contributed by atoms with van der Waals surface area (Å²) in [5.74, 6) is -2.73. The molecule has 1 aromatic carbocycles. The van der Waals surface area contributed by atoms with Gasteiger partial charge in [-0.25, -0.2) is 18.5 Å². The fourth-order valence-corrected chi connectivity index (χ4v) is 2.82. The Morgan fingerprint density at radius 2 is 1.67 bits per heavy atom. The van der Waals surface area contributed by atoms with Crippen LogP contribution in [0.5, 0.6) is 0 Å². The molecule has 2 rings (SSSR count). The molecule has 0 amide bonds. The molecule has 1 aromatic heterocycles. The lowest BCUT2D eigenvalue weighted by molar-refractivity contribution is -0.144. The highest BCUT2D eigenvalue weighted by Crippen LogP contribution is 2.28. The Morgan fingerprint density at radius 3 is 2.17 bits per heavy atom. The van der Waals surface area contributed by atoms with Crippen molar-refractivity contribution in [2.75, 3.05) is 0 Å². The van der Waals surface area contributed by atoms with Gasteiger partial charge in [0.15, 0.2) is 11.4 Å². The molecule has 7 nitrogen and oxygen atoms in total. The van der Waals surface area contributed by atoms with Crippen LogP contribution in [0.15, 0.2) is 32.3 Å². The van der Waals surface area contributed by atoms with Crippen LogP contribution >= 0.6 is 15.9 Å². The standard InChI is InChI=1S/C18H15BrF4N2O5/c1-8(26)17(2,3)30-15(28)9-5-12(11(20)6-10(9)19)25-14(27)7-13(18(21,22)23)24(4)16(25)29/h5-7H,1-4H3. The summed E-state index contributed by atoms with van der Waals surface area (Å²) in [6.45, 7) is 3.83. The van der Waals surface area contributed by atoms with Crippen LogP contribution in [-0.4, -0.2) is 26.5 Å². The maximum absolute atomic E-state index is 14.5. The number of hydrogen-bond donors (Lipinski definition) is 0. The lowest BCUT2D eigenvalue weighted by Crippen LogP contribution is -2.41. The Morgan fingerprint density at radius 1 is 1.10 bits per heavy atom. The number of alkyl halides is 3. The molecule has 2 aromatic rings. The van der Waals surface area contributed by atoms with E-state index in [-0.39, 0.29) is 25.2 Å². The molecular formula is C18H15BrF4N2O5. The van der Waals surface area contributed by atoms with E-state index in [2.05, 4.69) is 15.9 Å². The quantitative estimate of drug-likeness (QED) is 0.481. The smallest absolute Gasteiger partial charge is 0.431 e. The number of esters is 1. The summed E-state index contributed by atoms with van der Waals surface area (Å²) in [6.07, 6.45) is -4.99. The molecule has 162 valence electrons. The number of nitrogens with zero attached hydrogens (tertiary/aromatic N) is 2. The van der Waals surface area contributed by atoms with E-state index in [0.717, 1.165) is 19.2 Å². The van der Waals surface area contributed by atoms with Crippen LogP contribution in [0.4, 0.5) is 17.6 Å². The first-order valence-electron chi connectivity index (χ1n) is 8.22. The molecule has 0 N–H and O–H groups in total. The zero-order valence-electron chi connectivity index (χ0n) is 16.1. The number of benzene rings is 1. The van der Waals surface area contributed by atoms with Gasteiger partial charge in [-0.15, -0.1) is 0 Å². The third-order valence-electron chi connectivity index (χ3n) is 4.30. The van der Waals surface area contributed by atoms with Crippen LogP contribution in [0, 0.1) is 5.82 Å². The van der Waals surface area contributed by atoms with Crippen molar-refractivity contribution in [3.8, 4) is 5.69 Å². The highest BCUT2D eigenvalue weighted by atomic mass is 79.9. The molecule has 0 unspecified atom stereocenters. The predicted molar refractivity (Wildman–Crippen MR) is 100 cm³/mol. The second kappa shape index (κ2) is 7.82. The van der Waals surface area contributed by atoms with Crippen molar-refractivity contribution in [1.29, 1.82) is 0 Å². The van der Waals surface area contributed by atoms with E-state index in [4.69, 9.17) is 4.74 Å². The maximum atomic E-state index is 14.5. The van der Waals surface area contributed by atoms with E-state index in [0.29, 0.717) is 0 Å². The average Bonchev–Trinajstić information content (AvgIpc) is 2.58. The van der Waals surface area contributed by atoms with Gasteiger partial charge in [-0.1, -0.05) is 0 Å². The predicted octanol–water partition coefficient (Wildman–Crippen LogP) is 2.98. The number of halogens is 5. The van der Waals surface area contributed by atoms with E-state index >= 15 is 0 Å². The van der Waals surface area contributed by atoms with Crippen molar-refractivity contribution < 1.29 is 31.9 Å². The number of hydrogen-bond acceptors (Lipinski definition) is 5. The third-order valence-corrected chi connectivity index (χ3v) is 4.96. The molecule has 0 fully saturated rings. The fourth-order valence-electron chi connectivity index (χ4n) is 2.34. The summed E-state index contributed by atoms with van der Waals surface area (Å²) in [5.41, 5.74) is -7.07. The topological polar surface area (TPSA) is 87.4 Å². The first-order valence-corrected chi connectivity index (χ1v) is 9.01. The highest BCUT2D eigenvalue weighted by molar-refractivity contribution is 9.10. The summed E-state index contributed by atoms with van der Waals surface area (Å²) in [5, 5.41) is 0. The van der Waals surface area contributed by atoms with Crippen LogP contribution in [0.25, 0.3) is 5.69 Å². The van der Waals surface area contributed by atoms with E-state index < -0.39 is 52.0 Å². The Balaban J connectivity index is 2.71. The summed E-state index contributed by atoms with van der Waals surface area (Å²) in [4.78, 5) is 48.6. The fraction of sp³-hybridized carbons (Fsp3) is 0.333. The zero-order valence-corrected chi connectivity index (χ0v) is 17.6. The molecule has 1 heterocycles. The Labute approximate surface area is 175 Å². The molecule has 0 aliphatic carbocycles. The number of Topliss-reactive ketones (excluding diaryl/α,β-unsaturated/α-hetero) is 1. The van der Waals surface area contributed by atoms with Crippen LogP contribution in [-0.2, 0) is 22.8 Å². The molecule has 12 heteroatoms. The molecule has 0 aliphatic heterocycles. The third kappa shape index (κ3) is 4.37. The summed E-state index contributed by atoms with van der Waals surface area (Å²) in [7, 11) is 0.766. The number of carbonyl (C=O) groups excluding carboxylic acids is 2. The molecule has 0 radical (unpaired) electrons. The van der Waals surface area contributed by atoms with E-state index in [9.17, 15) is 36.7 Å². The molecular weight excluding hydrogens is 480 g/mol. The minimum Gasteiger partial charge on any atom is -0.448 e. The van der Waals surface area contributed by atoms with Crippen LogP contribution in [0.1, 0.15) is 36.8 Å². The lowest BCUT2D eigenvalue weighted by Gasteiger charge is -2.22. The van der Waals surface area contributed by atoms with Gasteiger partial charge in [0.2, 0.25) is 0 Å². The average molecular weight is 495 g/mol. The monoisotopic (exact) mass is 494 g/mol. The van der Waals surface area contributed by atoms with E-state index in [1.807, 2.05) is 0 Å². The van der Waals surface area contributed by atoms with Gasteiger partial charge in [0.05, 0.1) is 11.3 Å². The minimum absolute atomic E-state index is 0.120. The number of rotatable bonds is 4. The molecule has 0 bridgehead atoms. The molecule has 0 aliphatic rings. The van der Waals surface area contributed by atoms with Crippen molar-refractivity contribution in [1.82, 2.24) is 9.13 Å². The normalized spacial score (nSPS) is 12.0. The Bertz CT molecular complexity index is 1160. The minimum atomic E-state index is -4.99. The molecule has 30 heavy (non-hydrogen) atoms. The number of carbonyl (C=O) groups is 2. The van der Waals surface area contributed by atoms with Gasteiger partial charge < -0.3 is 4.74 Å². The largest absolute Gasteiger partial charge is 0.448 e. The van der Waals surface area contributed by atoms with Crippen LogP contribution in [0.3, 0.4) is 0 Å². The number of ketones is 1. The van der Waals surface area contributed by atoms with Gasteiger partial charge in [0.25, 0.3) is 5.56 Å². The van der Waals surface area contributed by atoms with Gasteiger partial charge in [-0.05, 0) is 48.8 Å². The lowest BCUT2D eigenvalue weighted by atomic mass is 10.1. The van der Waals surface area contributed by atoms with Crippen molar-refractivity contribution in [2.24, 2.45) is 7.05 Å². The summed E-state index contributed by atoms with van der Waals surface area (Å²) >= 11 is 2.94. The maximum Gasteiger partial charge on any atom is 0.431 e. The van der Waals surface area contributed by atoms with Crippen LogP contribution < -0.4 is 11.2 Å². The SMILES string of the molecule is CC(=O)C(C)(C)OC(=O)c1cc(-n2c(=O)cc(C(F)(F)F)n(C)c2=O)c(F)cc1Br. The van der Waals surface area contributed by atoms with Crippen LogP contribution in [0.2, 0.25) is 0 Å². The van der Waals surface area contributed by atoms with E-state index in [1.165, 1.54) is 20.8 Å². The summed E-state index contributed by atoms with van der Waals surface area (Å²) < 4.78 is 58.7. The summed E-state index contributed by atoms with van der Waals surface area (Å²) in [6, 6.07) is 1.66. The molecule has 0 spiro atoms. The van der Waals surface area contributed by atoms with Gasteiger partial charge >= 0.3 is 17.8 Å². The van der Waals surface area contributed by atoms with E-state index in [1.54, 1.807) is 0 Å². The van der Waals surface area contributed by atoms with Gasteiger partial charge in [0.1, 0.15) is 11.5 Å². The zero-order chi connectivity index (χ0) is 23.2. The highest BCUT2D eigenvalue weighted by Gasteiger charge is 2.35. The Kier molecular flexibility index (Phi) is 6.13. The van der Waals surface area contributed by atoms with Gasteiger partial charge in [-0.2, -0.15) is 13.2 Å². The van der Waals surface area contributed by atoms with Crippen molar-refractivity contribution in [3.63, 3.8) is 0 Å². The van der Waals surface area contributed by atoms with Gasteiger partial charge in [0, 0.05) is 17.6 Å². The van der Waals surface area contributed by atoms with Crippen molar-refractivity contribution in [3.05, 3.63) is 60.6 Å². The first-order chi connectivity index (χ1) is 13.6. The van der Waals surface area contributed by atoms with Crippen molar-refractivity contribution >= 4 is 27.7 Å². The van der Waals surface area contributed by atoms with Crippen molar-refractivity contribution in [2.45, 2.75) is 32.5 Å². The first kappa shape index (κ1) is 23.5. The van der Waals surface area contributed by atoms with Gasteiger partial charge in [-0.3, -0.25) is 14.2 Å². The molecule has 0 saturated carbocycles. The second-order valence-electron chi connectivity index (χ2n) is 6.78. The number of ether oxygens (including phenoxy) is 1. The Hall–Kier alpha value is -2.76. The second-order valence-corrected chi connectivity index (χ2v) is 7.64. The molecule has 0 atom stereocenters. The number of aromatic nitrogens is 2.